The van der Waals surface area contributed by atoms with E-state index in [1.165, 1.54) is 0 Å². The number of halogens is 3. The fourth-order valence-electron chi connectivity index (χ4n) is 1.98. The lowest BCUT2D eigenvalue weighted by Gasteiger charge is -2.33. The van der Waals surface area contributed by atoms with Gasteiger partial charge in [-0.1, -0.05) is 6.07 Å². The average molecular weight is 290 g/mol. The molecule has 2 unspecified atom stereocenters. The van der Waals surface area contributed by atoms with Crippen molar-refractivity contribution in [3.63, 3.8) is 0 Å². The van der Waals surface area contributed by atoms with Gasteiger partial charge in [-0.2, -0.15) is 0 Å². The van der Waals surface area contributed by atoms with Gasteiger partial charge in [0.05, 0.1) is 6.26 Å². The molecule has 0 saturated heterocycles. The molecule has 0 aliphatic heterocycles. The zero-order valence-corrected chi connectivity index (χ0v) is 11.6. The maximum Gasteiger partial charge on any atom is 0.180 e. The molecular weight excluding hydrogens is 276 g/mol. The number of likely N-dealkylation sites (N-methyl/N-ethyl adjacent to an activating group) is 1. The lowest BCUT2D eigenvalue weighted by molar-refractivity contribution is 0.133. The molecule has 18 heavy (non-hydrogen) atoms. The maximum absolute atomic E-state index is 15.1. The summed E-state index contributed by atoms with van der Waals surface area (Å²) in [6.07, 6.45) is 1.56. The Morgan fingerprint density at radius 1 is 1.33 bits per heavy atom. The van der Waals surface area contributed by atoms with Gasteiger partial charge in [-0.05, 0) is 37.7 Å². The van der Waals surface area contributed by atoms with E-state index in [0.29, 0.717) is 11.1 Å². The lowest BCUT2D eigenvalue weighted by Crippen LogP contribution is -2.46. The first-order valence-corrected chi connectivity index (χ1v) is 6.49. The van der Waals surface area contributed by atoms with Crippen molar-refractivity contribution >= 4 is 34.2 Å². The SMILES string of the molecule is CNC(C)C(F)(c1ccc2occc2c1)C(Cl)Cl. The van der Waals surface area contributed by atoms with E-state index < -0.39 is 16.5 Å². The highest BCUT2D eigenvalue weighted by Crippen LogP contribution is 2.39. The van der Waals surface area contributed by atoms with Gasteiger partial charge in [-0.3, -0.25) is 0 Å². The van der Waals surface area contributed by atoms with Gasteiger partial charge in [-0.15, -0.1) is 23.2 Å². The molecule has 0 spiro atoms. The molecular formula is C13H14Cl2FNO. The van der Waals surface area contributed by atoms with Crippen LogP contribution in [0.2, 0.25) is 0 Å². The van der Waals surface area contributed by atoms with Gasteiger partial charge >= 0.3 is 0 Å². The van der Waals surface area contributed by atoms with Gasteiger partial charge in [0.15, 0.2) is 5.67 Å². The van der Waals surface area contributed by atoms with Crippen LogP contribution in [0.1, 0.15) is 12.5 Å². The number of alkyl halides is 3. The van der Waals surface area contributed by atoms with Gasteiger partial charge in [0.25, 0.3) is 0 Å². The molecule has 1 aromatic heterocycles. The highest BCUT2D eigenvalue weighted by molar-refractivity contribution is 6.45. The zero-order valence-electron chi connectivity index (χ0n) is 10.1. The van der Waals surface area contributed by atoms with Crippen LogP contribution in [0.25, 0.3) is 11.0 Å². The summed E-state index contributed by atoms with van der Waals surface area (Å²) >= 11 is 11.7. The Morgan fingerprint density at radius 3 is 2.67 bits per heavy atom. The van der Waals surface area contributed by atoms with Crippen LogP contribution in [0.5, 0.6) is 0 Å². The highest BCUT2D eigenvalue weighted by Gasteiger charge is 2.44. The predicted molar refractivity (Wildman–Crippen MR) is 73.0 cm³/mol. The molecule has 0 bridgehead atoms. The minimum absolute atomic E-state index is 0.438. The standard InChI is InChI=1S/C13H14Cl2FNO/c1-8(17-2)13(16,12(14)15)10-3-4-11-9(7-10)5-6-18-11/h3-8,12,17H,1-2H3. The van der Waals surface area contributed by atoms with E-state index in [-0.39, 0.29) is 0 Å². The molecule has 0 aliphatic rings. The largest absolute Gasteiger partial charge is 0.464 e. The molecule has 0 fully saturated rings. The van der Waals surface area contributed by atoms with Gasteiger partial charge in [0, 0.05) is 11.4 Å². The number of nitrogens with one attached hydrogen (secondary N) is 1. The number of hydrogen-bond acceptors (Lipinski definition) is 2. The number of benzene rings is 1. The summed E-state index contributed by atoms with van der Waals surface area (Å²) in [7, 11) is 1.67. The Labute approximate surface area is 115 Å². The highest BCUT2D eigenvalue weighted by atomic mass is 35.5. The lowest BCUT2D eigenvalue weighted by atomic mass is 9.90. The van der Waals surface area contributed by atoms with E-state index in [1.54, 1.807) is 44.5 Å². The minimum atomic E-state index is -1.86. The number of furan rings is 1. The number of rotatable bonds is 4. The molecule has 2 nitrogen and oxygen atoms in total. The average Bonchev–Trinajstić information content (AvgIpc) is 2.83. The van der Waals surface area contributed by atoms with Crippen LogP contribution in [0, 0.1) is 0 Å². The molecule has 5 heteroatoms. The van der Waals surface area contributed by atoms with E-state index in [9.17, 15) is 0 Å². The number of hydrogen-bond donors (Lipinski definition) is 1. The smallest absolute Gasteiger partial charge is 0.180 e. The second-order valence-electron chi connectivity index (χ2n) is 4.25. The van der Waals surface area contributed by atoms with Crippen molar-refractivity contribution in [2.75, 3.05) is 7.05 Å². The second kappa shape index (κ2) is 5.08. The van der Waals surface area contributed by atoms with E-state index in [2.05, 4.69) is 5.32 Å². The van der Waals surface area contributed by atoms with E-state index in [0.717, 1.165) is 5.39 Å². The zero-order chi connectivity index (χ0) is 13.3. The van der Waals surface area contributed by atoms with Crippen molar-refractivity contribution in [1.29, 1.82) is 0 Å². The molecule has 0 amide bonds. The fourth-order valence-corrected chi connectivity index (χ4v) is 2.61. The molecule has 0 radical (unpaired) electrons. The summed E-state index contributed by atoms with van der Waals surface area (Å²) in [6.45, 7) is 1.71. The van der Waals surface area contributed by atoms with Gasteiger partial charge in [0.2, 0.25) is 0 Å². The second-order valence-corrected chi connectivity index (χ2v) is 5.35. The van der Waals surface area contributed by atoms with Crippen molar-refractivity contribution in [3.05, 3.63) is 36.1 Å². The van der Waals surface area contributed by atoms with Crippen molar-refractivity contribution in [1.82, 2.24) is 5.32 Å². The third kappa shape index (κ3) is 2.11. The topological polar surface area (TPSA) is 25.2 Å². The Morgan fingerprint density at radius 2 is 2.06 bits per heavy atom. The van der Waals surface area contributed by atoms with Crippen LogP contribution in [0.4, 0.5) is 4.39 Å². The Bertz CT molecular complexity index is 543. The van der Waals surface area contributed by atoms with Crippen molar-refractivity contribution < 1.29 is 8.81 Å². The Kier molecular flexibility index (Phi) is 3.85. The van der Waals surface area contributed by atoms with Crippen LogP contribution in [-0.2, 0) is 5.67 Å². The van der Waals surface area contributed by atoms with Crippen molar-refractivity contribution in [2.24, 2.45) is 0 Å². The van der Waals surface area contributed by atoms with Gasteiger partial charge in [-0.25, -0.2) is 4.39 Å². The van der Waals surface area contributed by atoms with Crippen molar-refractivity contribution in [3.8, 4) is 0 Å². The number of fused-ring (bicyclic) bond motifs is 1. The van der Waals surface area contributed by atoms with E-state index in [1.807, 2.05) is 0 Å². The molecule has 0 aliphatic carbocycles. The van der Waals surface area contributed by atoms with E-state index in [4.69, 9.17) is 27.6 Å². The van der Waals surface area contributed by atoms with E-state index >= 15 is 4.39 Å². The summed E-state index contributed by atoms with van der Waals surface area (Å²) in [5, 5.41) is 3.69. The third-order valence-electron chi connectivity index (χ3n) is 3.28. The van der Waals surface area contributed by atoms with Crippen LogP contribution in [-0.4, -0.2) is 17.9 Å². The quantitative estimate of drug-likeness (QED) is 0.861. The first-order chi connectivity index (χ1) is 8.50. The molecule has 98 valence electrons. The molecule has 1 heterocycles. The van der Waals surface area contributed by atoms with Gasteiger partial charge in [0.1, 0.15) is 10.4 Å². The summed E-state index contributed by atoms with van der Waals surface area (Å²) < 4.78 is 20.3. The van der Waals surface area contributed by atoms with Crippen LogP contribution < -0.4 is 5.32 Å². The predicted octanol–water partition coefficient (Wildman–Crippen LogP) is 4.01. The molecule has 1 N–H and O–H groups in total. The molecule has 1 aromatic carbocycles. The first-order valence-electron chi connectivity index (χ1n) is 5.62. The third-order valence-corrected chi connectivity index (χ3v) is 3.91. The normalized spacial score (nSPS) is 17.0. The Hall–Kier alpha value is -0.770. The summed E-state index contributed by atoms with van der Waals surface area (Å²) in [5.74, 6) is 0. The van der Waals surface area contributed by atoms with Crippen LogP contribution in [0.15, 0.2) is 34.9 Å². The fraction of sp³-hybridized carbons (Fsp3) is 0.385. The maximum atomic E-state index is 15.1. The monoisotopic (exact) mass is 289 g/mol. The molecule has 2 rings (SSSR count). The molecule has 0 saturated carbocycles. The summed E-state index contributed by atoms with van der Waals surface area (Å²) in [4.78, 5) is -1.16. The van der Waals surface area contributed by atoms with Crippen molar-refractivity contribution in [2.45, 2.75) is 23.5 Å². The van der Waals surface area contributed by atoms with Crippen LogP contribution in [0.3, 0.4) is 0 Å². The minimum Gasteiger partial charge on any atom is -0.464 e. The molecule has 2 atom stereocenters. The van der Waals surface area contributed by atoms with Gasteiger partial charge < -0.3 is 9.73 Å². The summed E-state index contributed by atoms with van der Waals surface area (Å²) in [5.41, 5.74) is -0.712. The first kappa shape index (κ1) is 13.7. The summed E-state index contributed by atoms with van der Waals surface area (Å²) in [6, 6.07) is 6.35. The molecule has 2 aromatic rings. The Balaban J connectivity index is 2.53. The van der Waals surface area contributed by atoms with Crippen LogP contribution >= 0.6 is 23.2 Å².